The highest BCUT2D eigenvalue weighted by Crippen LogP contribution is 2.29. The van der Waals surface area contributed by atoms with Crippen LogP contribution in [0.2, 0.25) is 0 Å². The number of urea groups is 1. The lowest BCUT2D eigenvalue weighted by molar-refractivity contribution is -0.144. The number of hydrogen-bond donors (Lipinski definition) is 4. The second-order valence-corrected chi connectivity index (χ2v) is 11.9. The van der Waals surface area contributed by atoms with Crippen LogP contribution in [0, 0.1) is 17.3 Å². The van der Waals surface area contributed by atoms with Crippen LogP contribution in [0.15, 0.2) is 0 Å². The first kappa shape index (κ1) is 33.0. The molecule has 0 aromatic carbocycles. The lowest BCUT2D eigenvalue weighted by atomic mass is 9.85. The smallest absolute Gasteiger partial charge is 0.315 e. The van der Waals surface area contributed by atoms with E-state index in [1.165, 1.54) is 4.90 Å². The fourth-order valence-corrected chi connectivity index (χ4v) is 4.90. The first-order valence-electron chi connectivity index (χ1n) is 14.0. The number of nitrogens with zero attached hydrogens (tertiary/aromatic N) is 2. The highest BCUT2D eigenvalue weighted by Gasteiger charge is 2.45. The molecule has 40 heavy (non-hydrogen) atoms. The van der Waals surface area contributed by atoms with Crippen molar-refractivity contribution in [3.63, 3.8) is 0 Å². The summed E-state index contributed by atoms with van der Waals surface area (Å²) in [5.41, 5.74) is 4.50. The number of carbonyl (C=O) groups is 6. The van der Waals surface area contributed by atoms with Crippen molar-refractivity contribution in [3.05, 3.63) is 0 Å². The number of ketones is 1. The minimum absolute atomic E-state index is 0.0513. The Morgan fingerprint density at radius 3 is 2.20 bits per heavy atom. The van der Waals surface area contributed by atoms with E-state index in [0.717, 1.165) is 6.42 Å². The Bertz CT molecular complexity index is 960. The van der Waals surface area contributed by atoms with Crippen LogP contribution < -0.4 is 21.7 Å². The van der Waals surface area contributed by atoms with Crippen LogP contribution in [-0.4, -0.2) is 103 Å². The first-order valence-corrected chi connectivity index (χ1v) is 14.0. The third-order valence-corrected chi connectivity index (χ3v) is 7.62. The molecule has 5 N–H and O–H groups in total. The number of Topliss-reactive ketones (excluding diaryl/α,β-unsaturated/α-hetero) is 1. The minimum atomic E-state index is -1.13. The Balaban J connectivity index is 2.14. The van der Waals surface area contributed by atoms with E-state index >= 15 is 0 Å². The van der Waals surface area contributed by atoms with Crippen molar-refractivity contribution in [2.75, 3.05) is 39.4 Å². The van der Waals surface area contributed by atoms with Crippen LogP contribution >= 0.6 is 0 Å². The van der Waals surface area contributed by atoms with Gasteiger partial charge in [0.15, 0.2) is 0 Å². The zero-order valence-corrected chi connectivity index (χ0v) is 24.6. The molecule has 0 aromatic heterocycles. The summed E-state index contributed by atoms with van der Waals surface area (Å²) in [4.78, 5) is 79.5. The summed E-state index contributed by atoms with van der Waals surface area (Å²) in [6, 6.07) is -3.67. The predicted octanol–water partition coefficient (Wildman–Crippen LogP) is -0.228. The van der Waals surface area contributed by atoms with Gasteiger partial charge in [-0.2, -0.15) is 0 Å². The van der Waals surface area contributed by atoms with E-state index in [2.05, 4.69) is 16.0 Å². The molecular formula is C27H46N6O7. The van der Waals surface area contributed by atoms with Gasteiger partial charge in [0.2, 0.25) is 23.5 Å². The highest BCUT2D eigenvalue weighted by atomic mass is 16.5. The van der Waals surface area contributed by atoms with Crippen LogP contribution in [0.4, 0.5) is 4.79 Å². The molecule has 0 aromatic rings. The molecule has 2 aliphatic heterocycles. The number of nitrogens with one attached hydrogen (secondary N) is 3. The van der Waals surface area contributed by atoms with Gasteiger partial charge in [-0.15, -0.1) is 0 Å². The molecule has 2 rings (SSSR count). The Hall–Kier alpha value is -3.22. The van der Waals surface area contributed by atoms with E-state index in [-0.39, 0.29) is 37.3 Å². The van der Waals surface area contributed by atoms with Gasteiger partial charge < -0.3 is 36.2 Å². The Morgan fingerprint density at radius 2 is 1.65 bits per heavy atom. The van der Waals surface area contributed by atoms with Gasteiger partial charge in [-0.3, -0.25) is 24.0 Å². The lowest BCUT2D eigenvalue weighted by Gasteiger charge is -2.36. The molecule has 13 heteroatoms. The summed E-state index contributed by atoms with van der Waals surface area (Å²) in [5.74, 6) is -3.43. The molecule has 0 spiro atoms. The van der Waals surface area contributed by atoms with Gasteiger partial charge >= 0.3 is 6.03 Å². The average molecular weight is 567 g/mol. The molecule has 0 saturated carbocycles. The normalized spacial score (nSPS) is 21.6. The number of hydrogen-bond acceptors (Lipinski definition) is 7. The van der Waals surface area contributed by atoms with Gasteiger partial charge in [0, 0.05) is 19.6 Å². The molecule has 0 aliphatic carbocycles. The van der Waals surface area contributed by atoms with E-state index in [4.69, 9.17) is 10.5 Å². The van der Waals surface area contributed by atoms with Gasteiger partial charge in [0.1, 0.15) is 12.1 Å². The van der Waals surface area contributed by atoms with Crippen molar-refractivity contribution in [1.82, 2.24) is 25.8 Å². The van der Waals surface area contributed by atoms with E-state index in [1.807, 2.05) is 20.8 Å². The fraction of sp³-hybridized carbons (Fsp3) is 0.778. The number of carbonyl (C=O) groups excluding carboxylic acids is 6. The quantitative estimate of drug-likeness (QED) is 0.249. The van der Waals surface area contributed by atoms with Crippen LogP contribution in [0.5, 0.6) is 0 Å². The second kappa shape index (κ2) is 14.4. The number of nitrogens with two attached hydrogens (primary N) is 1. The molecule has 5 atom stereocenters. The largest absolute Gasteiger partial charge is 0.378 e. The number of rotatable bonds is 11. The zero-order chi connectivity index (χ0) is 30.2. The number of likely N-dealkylation sites (tertiary alicyclic amines) is 1. The molecule has 13 nitrogen and oxygen atoms in total. The molecule has 0 radical (unpaired) electrons. The molecular weight excluding hydrogens is 520 g/mol. The maximum absolute atomic E-state index is 13.8. The van der Waals surface area contributed by atoms with Crippen LogP contribution in [0.3, 0.4) is 0 Å². The summed E-state index contributed by atoms with van der Waals surface area (Å²) in [6.07, 6.45) is 1.53. The van der Waals surface area contributed by atoms with Crippen molar-refractivity contribution in [2.45, 2.75) is 78.9 Å². The fourth-order valence-electron chi connectivity index (χ4n) is 4.90. The van der Waals surface area contributed by atoms with E-state index in [0.29, 0.717) is 32.7 Å². The summed E-state index contributed by atoms with van der Waals surface area (Å²) >= 11 is 0. The van der Waals surface area contributed by atoms with Crippen molar-refractivity contribution in [3.8, 4) is 0 Å². The molecule has 226 valence electrons. The second-order valence-electron chi connectivity index (χ2n) is 11.9. The molecule has 2 aliphatic rings. The SMILES string of the molecule is CCC(C)CC(NC(=O)C1[C@@H](C)CCN1C(=O)C(NC(=O)NCC(=O)N1CCOCC1)C(C)(C)C)C(=O)C(N)=O. The summed E-state index contributed by atoms with van der Waals surface area (Å²) in [6.45, 7) is 12.9. The number of morpholine rings is 1. The maximum Gasteiger partial charge on any atom is 0.315 e. The third kappa shape index (κ3) is 8.90. The molecule has 2 saturated heterocycles. The van der Waals surface area contributed by atoms with Gasteiger partial charge in [0.25, 0.3) is 5.91 Å². The van der Waals surface area contributed by atoms with Crippen LogP contribution in [-0.2, 0) is 28.7 Å². The minimum Gasteiger partial charge on any atom is -0.378 e. The molecule has 6 amide bonds. The summed E-state index contributed by atoms with van der Waals surface area (Å²) in [5, 5.41) is 7.89. The van der Waals surface area contributed by atoms with Gasteiger partial charge in [-0.05, 0) is 30.1 Å². The van der Waals surface area contributed by atoms with Crippen molar-refractivity contribution in [1.29, 1.82) is 0 Å². The molecule has 4 unspecified atom stereocenters. The predicted molar refractivity (Wildman–Crippen MR) is 147 cm³/mol. The van der Waals surface area contributed by atoms with Crippen LogP contribution in [0.25, 0.3) is 0 Å². The van der Waals surface area contributed by atoms with E-state index < -0.39 is 53.1 Å². The number of primary amides is 1. The van der Waals surface area contributed by atoms with Crippen molar-refractivity contribution < 1.29 is 33.5 Å². The maximum atomic E-state index is 13.8. The Labute approximate surface area is 236 Å². The van der Waals surface area contributed by atoms with E-state index in [9.17, 15) is 28.8 Å². The van der Waals surface area contributed by atoms with Crippen LogP contribution in [0.1, 0.15) is 60.8 Å². The topological polar surface area (TPSA) is 180 Å². The van der Waals surface area contributed by atoms with Crippen molar-refractivity contribution >= 4 is 35.4 Å². The molecule has 0 bridgehead atoms. The Kier molecular flexibility index (Phi) is 11.9. The first-order chi connectivity index (χ1) is 18.7. The third-order valence-electron chi connectivity index (χ3n) is 7.62. The highest BCUT2D eigenvalue weighted by molar-refractivity contribution is 6.37. The van der Waals surface area contributed by atoms with Gasteiger partial charge in [0.05, 0.1) is 25.8 Å². The van der Waals surface area contributed by atoms with E-state index in [1.54, 1.807) is 25.7 Å². The lowest BCUT2D eigenvalue weighted by Crippen LogP contribution is -2.61. The number of ether oxygens (including phenoxy) is 1. The Morgan fingerprint density at radius 1 is 1.02 bits per heavy atom. The molecule has 2 fully saturated rings. The number of amides is 6. The summed E-state index contributed by atoms with van der Waals surface area (Å²) < 4.78 is 5.24. The molecule has 2 heterocycles. The summed E-state index contributed by atoms with van der Waals surface area (Å²) in [7, 11) is 0. The zero-order valence-electron chi connectivity index (χ0n) is 24.6. The average Bonchev–Trinajstić information content (AvgIpc) is 3.30. The van der Waals surface area contributed by atoms with Gasteiger partial charge in [-0.1, -0.05) is 48.0 Å². The van der Waals surface area contributed by atoms with Crippen molar-refractivity contribution in [2.24, 2.45) is 23.0 Å². The van der Waals surface area contributed by atoms with Gasteiger partial charge in [-0.25, -0.2) is 4.79 Å². The standard InChI is InChI=1S/C27H46N6O7/c1-7-16(2)14-18(21(35)23(28)36)30-24(37)20-17(3)8-9-33(20)25(38)22(27(4,5)6)31-26(39)29-15-19(34)32-10-12-40-13-11-32/h16-18,20,22H,7-15H2,1-6H3,(H2,28,36)(H,30,37)(H2,29,31,39)/t16?,17-,18?,20?,22?/m0/s1. The monoisotopic (exact) mass is 566 g/mol.